The third-order valence-electron chi connectivity index (χ3n) is 6.83. The SMILES string of the molecule is CCCCc1ccc(NC(=S)N(CCN2CCOCC2)Cc2cc3cc(C)cc(C)c3[nH]c2=O)cc1. The van der Waals surface area contributed by atoms with Gasteiger partial charge in [-0.3, -0.25) is 9.69 Å². The molecule has 7 heteroatoms. The topological polar surface area (TPSA) is 60.6 Å². The highest BCUT2D eigenvalue weighted by atomic mass is 32.1. The van der Waals surface area contributed by atoms with Gasteiger partial charge in [0.25, 0.3) is 5.56 Å². The fraction of sp³-hybridized carbons (Fsp3) is 0.448. The Morgan fingerprint density at radius 1 is 1.14 bits per heavy atom. The number of ether oxygens (including phenoxy) is 1. The highest BCUT2D eigenvalue weighted by Gasteiger charge is 2.17. The number of hydrogen-bond donors (Lipinski definition) is 2. The van der Waals surface area contributed by atoms with E-state index in [0.717, 1.165) is 68.0 Å². The minimum atomic E-state index is -0.0612. The van der Waals surface area contributed by atoms with Crippen molar-refractivity contribution >= 4 is 33.9 Å². The molecule has 2 heterocycles. The summed E-state index contributed by atoms with van der Waals surface area (Å²) in [6, 6.07) is 14.7. The number of fused-ring (bicyclic) bond motifs is 1. The predicted molar refractivity (Wildman–Crippen MR) is 153 cm³/mol. The standard InChI is InChI=1S/C29H38N4O2S/c1-4-5-6-23-7-9-26(10-8-23)30-29(36)33(12-11-32-13-15-35-16-14-32)20-25-19-24-18-21(2)17-22(3)27(24)31-28(25)34/h7-10,17-19H,4-6,11-16,20H2,1-3H3,(H,30,36)(H,31,34). The van der Waals surface area contributed by atoms with Crippen molar-refractivity contribution < 1.29 is 4.74 Å². The summed E-state index contributed by atoms with van der Waals surface area (Å²) in [5.41, 5.74) is 6.13. The van der Waals surface area contributed by atoms with Crippen LogP contribution in [0.5, 0.6) is 0 Å². The van der Waals surface area contributed by atoms with Crippen molar-refractivity contribution in [3.05, 3.63) is 75.1 Å². The number of unbranched alkanes of at least 4 members (excludes halogenated alkanes) is 1. The molecule has 2 N–H and O–H groups in total. The lowest BCUT2D eigenvalue weighted by Gasteiger charge is -2.31. The number of morpholine rings is 1. The summed E-state index contributed by atoms with van der Waals surface area (Å²) in [6.45, 7) is 11.7. The summed E-state index contributed by atoms with van der Waals surface area (Å²) in [4.78, 5) is 20.6. The molecule has 1 fully saturated rings. The lowest BCUT2D eigenvalue weighted by molar-refractivity contribution is 0.0358. The number of aryl methyl sites for hydroxylation is 3. The van der Waals surface area contributed by atoms with Gasteiger partial charge in [-0.2, -0.15) is 0 Å². The summed E-state index contributed by atoms with van der Waals surface area (Å²) in [7, 11) is 0. The first-order chi connectivity index (χ1) is 17.4. The van der Waals surface area contributed by atoms with Crippen molar-refractivity contribution in [2.75, 3.05) is 44.7 Å². The van der Waals surface area contributed by atoms with Crippen molar-refractivity contribution in [3.8, 4) is 0 Å². The molecule has 0 aliphatic carbocycles. The first-order valence-corrected chi connectivity index (χ1v) is 13.4. The molecule has 36 heavy (non-hydrogen) atoms. The van der Waals surface area contributed by atoms with E-state index in [1.165, 1.54) is 24.0 Å². The van der Waals surface area contributed by atoms with Gasteiger partial charge in [0.05, 0.1) is 25.3 Å². The number of benzene rings is 2. The summed E-state index contributed by atoms with van der Waals surface area (Å²) >= 11 is 5.87. The quantitative estimate of drug-likeness (QED) is 0.398. The maximum absolute atomic E-state index is 13.0. The zero-order valence-electron chi connectivity index (χ0n) is 21.7. The Bertz CT molecular complexity index is 1230. The lowest BCUT2D eigenvalue weighted by Crippen LogP contribution is -2.44. The molecule has 0 atom stereocenters. The largest absolute Gasteiger partial charge is 0.379 e. The Labute approximate surface area is 219 Å². The Balaban J connectivity index is 1.53. The van der Waals surface area contributed by atoms with E-state index in [-0.39, 0.29) is 5.56 Å². The molecule has 1 aromatic heterocycles. The average molecular weight is 507 g/mol. The third kappa shape index (κ3) is 6.93. The van der Waals surface area contributed by atoms with Gasteiger partial charge in [-0.15, -0.1) is 0 Å². The molecule has 1 aliphatic heterocycles. The second-order valence-electron chi connectivity index (χ2n) is 9.78. The van der Waals surface area contributed by atoms with Crippen LogP contribution >= 0.6 is 12.2 Å². The first-order valence-electron chi connectivity index (χ1n) is 13.0. The number of hydrogen-bond acceptors (Lipinski definition) is 4. The number of aromatic nitrogens is 1. The number of rotatable bonds is 9. The van der Waals surface area contributed by atoms with Crippen molar-refractivity contribution in [1.29, 1.82) is 0 Å². The summed E-state index contributed by atoms with van der Waals surface area (Å²) < 4.78 is 5.50. The van der Waals surface area contributed by atoms with E-state index in [1.54, 1.807) is 0 Å². The van der Waals surface area contributed by atoms with Crippen LogP contribution in [-0.4, -0.2) is 59.3 Å². The molecule has 0 bridgehead atoms. The molecule has 6 nitrogen and oxygen atoms in total. The molecule has 3 aromatic rings. The normalized spacial score (nSPS) is 14.2. The number of pyridine rings is 1. The predicted octanol–water partition coefficient (Wildman–Crippen LogP) is 5.02. The van der Waals surface area contributed by atoms with Crippen LogP contribution in [0.2, 0.25) is 0 Å². The average Bonchev–Trinajstić information content (AvgIpc) is 2.87. The number of anilines is 1. The molecule has 1 saturated heterocycles. The highest BCUT2D eigenvalue weighted by molar-refractivity contribution is 7.80. The monoisotopic (exact) mass is 506 g/mol. The van der Waals surface area contributed by atoms with Crippen LogP contribution in [0.3, 0.4) is 0 Å². The van der Waals surface area contributed by atoms with Crippen LogP contribution in [0.15, 0.2) is 47.3 Å². The van der Waals surface area contributed by atoms with Gasteiger partial charge in [0, 0.05) is 37.4 Å². The van der Waals surface area contributed by atoms with Gasteiger partial charge in [-0.05, 0) is 79.7 Å². The molecular weight excluding hydrogens is 468 g/mol. The fourth-order valence-electron chi connectivity index (χ4n) is 4.73. The molecule has 0 amide bonds. The van der Waals surface area contributed by atoms with Gasteiger partial charge in [0.15, 0.2) is 5.11 Å². The van der Waals surface area contributed by atoms with Crippen molar-refractivity contribution in [2.45, 2.75) is 46.6 Å². The van der Waals surface area contributed by atoms with E-state index in [0.29, 0.717) is 17.2 Å². The van der Waals surface area contributed by atoms with E-state index < -0.39 is 0 Å². The number of thiocarbonyl (C=S) groups is 1. The first kappa shape index (κ1) is 26.3. The van der Waals surface area contributed by atoms with Gasteiger partial charge in [0.2, 0.25) is 0 Å². The molecule has 192 valence electrons. The Kier molecular flexibility index (Phi) is 9.13. The van der Waals surface area contributed by atoms with Gasteiger partial charge in [-0.25, -0.2) is 0 Å². The van der Waals surface area contributed by atoms with E-state index >= 15 is 0 Å². The highest BCUT2D eigenvalue weighted by Crippen LogP contribution is 2.19. The maximum Gasteiger partial charge on any atom is 0.253 e. The van der Waals surface area contributed by atoms with Crippen LogP contribution in [0.4, 0.5) is 5.69 Å². The molecule has 4 rings (SSSR count). The minimum absolute atomic E-state index is 0.0612. The summed E-state index contributed by atoms with van der Waals surface area (Å²) in [5, 5.41) is 5.09. The molecule has 0 unspecified atom stereocenters. The summed E-state index contributed by atoms with van der Waals surface area (Å²) in [5.74, 6) is 0. The summed E-state index contributed by atoms with van der Waals surface area (Å²) in [6.07, 6.45) is 3.48. The van der Waals surface area contributed by atoms with Gasteiger partial charge in [-0.1, -0.05) is 37.1 Å². The van der Waals surface area contributed by atoms with Crippen molar-refractivity contribution in [2.24, 2.45) is 0 Å². The van der Waals surface area contributed by atoms with Crippen LogP contribution < -0.4 is 10.9 Å². The molecule has 2 aromatic carbocycles. The fourth-order valence-corrected chi connectivity index (χ4v) is 5.01. The van der Waals surface area contributed by atoms with E-state index in [1.807, 2.05) is 13.0 Å². The number of aromatic amines is 1. The second kappa shape index (κ2) is 12.5. The van der Waals surface area contributed by atoms with Crippen LogP contribution in [0.1, 0.15) is 42.0 Å². The number of nitrogens with zero attached hydrogens (tertiary/aromatic N) is 2. The van der Waals surface area contributed by atoms with E-state index in [4.69, 9.17) is 17.0 Å². The molecule has 0 saturated carbocycles. The van der Waals surface area contributed by atoms with Crippen LogP contribution in [0, 0.1) is 13.8 Å². The molecule has 0 radical (unpaired) electrons. The molecule has 1 aliphatic rings. The Morgan fingerprint density at radius 2 is 1.89 bits per heavy atom. The zero-order chi connectivity index (χ0) is 25.5. The molecule has 0 spiro atoms. The van der Waals surface area contributed by atoms with Gasteiger partial charge in [0.1, 0.15) is 0 Å². The van der Waals surface area contributed by atoms with Crippen molar-refractivity contribution in [3.63, 3.8) is 0 Å². The van der Waals surface area contributed by atoms with Crippen LogP contribution in [0.25, 0.3) is 10.9 Å². The maximum atomic E-state index is 13.0. The molecular formula is C29H38N4O2S. The minimum Gasteiger partial charge on any atom is -0.379 e. The third-order valence-corrected chi connectivity index (χ3v) is 7.19. The Morgan fingerprint density at radius 3 is 2.61 bits per heavy atom. The zero-order valence-corrected chi connectivity index (χ0v) is 22.5. The smallest absolute Gasteiger partial charge is 0.253 e. The van der Waals surface area contributed by atoms with Gasteiger partial charge >= 0.3 is 0 Å². The van der Waals surface area contributed by atoms with E-state index in [9.17, 15) is 4.79 Å². The van der Waals surface area contributed by atoms with Gasteiger partial charge < -0.3 is 19.9 Å². The second-order valence-corrected chi connectivity index (χ2v) is 10.2. The number of nitrogens with one attached hydrogen (secondary N) is 2. The van der Waals surface area contributed by atoms with Crippen molar-refractivity contribution in [1.82, 2.24) is 14.8 Å². The van der Waals surface area contributed by atoms with E-state index in [2.05, 4.69) is 70.3 Å². The van der Waals surface area contributed by atoms with Crippen LogP contribution in [-0.2, 0) is 17.7 Å². The lowest BCUT2D eigenvalue weighted by atomic mass is 10.1. The number of H-pyrrole nitrogens is 1. The Hall–Kier alpha value is -2.74.